The highest BCUT2D eigenvalue weighted by Gasteiger charge is 2.14. The highest BCUT2D eigenvalue weighted by atomic mass is 35.5. The minimum Gasteiger partial charge on any atom is -0.399 e. The van der Waals surface area contributed by atoms with Crippen LogP contribution in [0.4, 0.5) is 5.69 Å². The zero-order chi connectivity index (χ0) is 12.7. The van der Waals surface area contributed by atoms with E-state index < -0.39 is 0 Å². The third kappa shape index (κ3) is 1.76. The molecule has 0 amide bonds. The maximum Gasteiger partial charge on any atom is 0.102 e. The first-order valence-corrected chi connectivity index (χ1v) is 6.76. The van der Waals surface area contributed by atoms with Crippen LogP contribution in [0, 0.1) is 6.92 Å². The molecule has 18 heavy (non-hydrogen) atoms. The largest absolute Gasteiger partial charge is 0.399 e. The van der Waals surface area contributed by atoms with Crippen molar-refractivity contribution in [2.24, 2.45) is 0 Å². The SMILES string of the molecule is Cc1ncccc1-c1c(Cl)sc2ccc(N)cc12. The molecule has 0 atom stereocenters. The third-order valence-corrected chi connectivity index (χ3v) is 4.33. The quantitative estimate of drug-likeness (QED) is 0.663. The number of benzene rings is 1. The average molecular weight is 275 g/mol. The molecule has 4 heteroatoms. The van der Waals surface area contributed by atoms with Crippen molar-refractivity contribution < 1.29 is 0 Å². The lowest BCUT2D eigenvalue weighted by molar-refractivity contribution is 1.21. The molecule has 3 rings (SSSR count). The van der Waals surface area contributed by atoms with Gasteiger partial charge in [-0.3, -0.25) is 4.98 Å². The Kier molecular flexibility index (Phi) is 2.73. The lowest BCUT2D eigenvalue weighted by atomic mass is 10.0. The molecule has 1 aromatic carbocycles. The van der Waals surface area contributed by atoms with Gasteiger partial charge in [-0.25, -0.2) is 0 Å². The normalized spacial score (nSPS) is 11.0. The molecule has 0 aliphatic rings. The molecule has 0 saturated heterocycles. The lowest BCUT2D eigenvalue weighted by Crippen LogP contribution is -1.87. The second kappa shape index (κ2) is 4.26. The first kappa shape index (κ1) is 11.5. The smallest absolute Gasteiger partial charge is 0.102 e. The number of aryl methyl sites for hydroxylation is 1. The summed E-state index contributed by atoms with van der Waals surface area (Å²) in [6.45, 7) is 1.99. The highest BCUT2D eigenvalue weighted by Crippen LogP contribution is 2.43. The molecule has 2 heterocycles. The van der Waals surface area contributed by atoms with Crippen LogP contribution in [0.3, 0.4) is 0 Å². The van der Waals surface area contributed by atoms with Crippen molar-refractivity contribution in [3.8, 4) is 11.1 Å². The minimum atomic E-state index is 0.750. The molecule has 0 aliphatic heterocycles. The first-order valence-electron chi connectivity index (χ1n) is 5.56. The molecule has 90 valence electrons. The number of anilines is 1. The van der Waals surface area contributed by atoms with Crippen molar-refractivity contribution in [3.05, 3.63) is 46.6 Å². The molecule has 3 aromatic rings. The van der Waals surface area contributed by atoms with Gasteiger partial charge < -0.3 is 5.73 Å². The Labute approximate surface area is 114 Å². The van der Waals surface area contributed by atoms with E-state index in [-0.39, 0.29) is 0 Å². The van der Waals surface area contributed by atoms with E-state index >= 15 is 0 Å². The van der Waals surface area contributed by atoms with Crippen molar-refractivity contribution in [1.29, 1.82) is 0 Å². The number of rotatable bonds is 1. The van der Waals surface area contributed by atoms with E-state index in [4.69, 9.17) is 17.3 Å². The zero-order valence-electron chi connectivity index (χ0n) is 9.77. The molecular formula is C14H11ClN2S. The monoisotopic (exact) mass is 274 g/mol. The Balaban J connectivity index is 2.38. The van der Waals surface area contributed by atoms with Gasteiger partial charge in [0.2, 0.25) is 0 Å². The standard InChI is InChI=1S/C14H11ClN2S/c1-8-10(3-2-6-17-8)13-11-7-9(16)4-5-12(11)18-14(13)15/h2-7H,16H2,1H3. The summed E-state index contributed by atoms with van der Waals surface area (Å²) in [6.07, 6.45) is 1.79. The van der Waals surface area contributed by atoms with Crippen molar-refractivity contribution in [3.63, 3.8) is 0 Å². The van der Waals surface area contributed by atoms with E-state index in [0.29, 0.717) is 0 Å². The van der Waals surface area contributed by atoms with Crippen molar-refractivity contribution >= 4 is 38.7 Å². The molecule has 0 bridgehead atoms. The van der Waals surface area contributed by atoms with E-state index in [2.05, 4.69) is 4.98 Å². The number of aromatic nitrogens is 1. The maximum atomic E-state index is 6.38. The number of thiophene rings is 1. The highest BCUT2D eigenvalue weighted by molar-refractivity contribution is 7.23. The van der Waals surface area contributed by atoms with Gasteiger partial charge in [-0.05, 0) is 31.2 Å². The molecule has 0 aliphatic carbocycles. The molecule has 0 saturated carbocycles. The summed E-state index contributed by atoms with van der Waals surface area (Å²) >= 11 is 7.95. The van der Waals surface area contributed by atoms with Crippen LogP contribution in [0.5, 0.6) is 0 Å². The van der Waals surface area contributed by atoms with Crippen LogP contribution in [-0.4, -0.2) is 4.98 Å². The van der Waals surface area contributed by atoms with Crippen molar-refractivity contribution in [2.45, 2.75) is 6.92 Å². The van der Waals surface area contributed by atoms with Crippen LogP contribution < -0.4 is 5.73 Å². The van der Waals surface area contributed by atoms with Gasteiger partial charge in [-0.1, -0.05) is 17.7 Å². The Morgan fingerprint density at radius 3 is 2.89 bits per heavy atom. The molecule has 2 N–H and O–H groups in total. The summed E-state index contributed by atoms with van der Waals surface area (Å²) in [5, 5.41) is 1.10. The summed E-state index contributed by atoms with van der Waals surface area (Å²) in [5.41, 5.74) is 9.69. The van der Waals surface area contributed by atoms with Gasteiger partial charge in [-0.15, -0.1) is 11.3 Å². The van der Waals surface area contributed by atoms with Crippen LogP contribution in [0.2, 0.25) is 4.34 Å². The summed E-state index contributed by atoms with van der Waals surface area (Å²) in [5.74, 6) is 0. The first-order chi connectivity index (χ1) is 8.66. The van der Waals surface area contributed by atoms with E-state index in [1.165, 1.54) is 0 Å². The number of nitrogens with two attached hydrogens (primary N) is 1. The fourth-order valence-corrected chi connectivity index (χ4v) is 3.46. The topological polar surface area (TPSA) is 38.9 Å². The summed E-state index contributed by atoms with van der Waals surface area (Å²) in [4.78, 5) is 4.32. The number of nitrogen functional groups attached to an aromatic ring is 1. The van der Waals surface area contributed by atoms with E-state index in [9.17, 15) is 0 Å². The predicted octanol–water partition coefficient (Wildman–Crippen LogP) is 4.51. The van der Waals surface area contributed by atoms with Crippen LogP contribution >= 0.6 is 22.9 Å². The molecule has 0 unspecified atom stereocenters. The maximum absolute atomic E-state index is 6.38. The Morgan fingerprint density at radius 2 is 2.11 bits per heavy atom. The Bertz CT molecular complexity index is 734. The van der Waals surface area contributed by atoms with Crippen LogP contribution in [-0.2, 0) is 0 Å². The van der Waals surface area contributed by atoms with Gasteiger partial charge >= 0.3 is 0 Å². The van der Waals surface area contributed by atoms with E-state index in [1.54, 1.807) is 17.5 Å². The average Bonchev–Trinajstić information content (AvgIpc) is 2.66. The van der Waals surface area contributed by atoms with Gasteiger partial charge in [-0.2, -0.15) is 0 Å². The lowest BCUT2D eigenvalue weighted by Gasteiger charge is -2.04. The molecule has 0 radical (unpaired) electrons. The van der Waals surface area contributed by atoms with Gasteiger partial charge in [0, 0.05) is 38.8 Å². The van der Waals surface area contributed by atoms with Crippen LogP contribution in [0.15, 0.2) is 36.5 Å². The predicted molar refractivity (Wildman–Crippen MR) is 79.2 cm³/mol. The number of hydrogen-bond acceptors (Lipinski definition) is 3. The summed E-state index contributed by atoms with van der Waals surface area (Å²) in [6, 6.07) is 9.85. The Hall–Kier alpha value is -1.58. The van der Waals surface area contributed by atoms with E-state index in [0.717, 1.165) is 36.9 Å². The van der Waals surface area contributed by atoms with Crippen molar-refractivity contribution in [1.82, 2.24) is 4.98 Å². The number of fused-ring (bicyclic) bond motifs is 1. The minimum absolute atomic E-state index is 0.750. The summed E-state index contributed by atoms with van der Waals surface area (Å²) < 4.78 is 1.93. The van der Waals surface area contributed by atoms with Crippen LogP contribution in [0.25, 0.3) is 21.2 Å². The molecule has 0 fully saturated rings. The second-order valence-electron chi connectivity index (χ2n) is 4.14. The number of hydrogen-bond donors (Lipinski definition) is 1. The van der Waals surface area contributed by atoms with Gasteiger partial charge in [0.05, 0.1) is 0 Å². The van der Waals surface area contributed by atoms with Gasteiger partial charge in [0.25, 0.3) is 0 Å². The number of halogens is 1. The van der Waals surface area contributed by atoms with Crippen LogP contribution in [0.1, 0.15) is 5.69 Å². The molecule has 2 aromatic heterocycles. The summed E-state index contributed by atoms with van der Waals surface area (Å²) in [7, 11) is 0. The van der Waals surface area contributed by atoms with Crippen molar-refractivity contribution in [2.75, 3.05) is 5.73 Å². The second-order valence-corrected chi connectivity index (χ2v) is 5.80. The molecular weight excluding hydrogens is 264 g/mol. The molecule has 0 spiro atoms. The molecule has 2 nitrogen and oxygen atoms in total. The van der Waals surface area contributed by atoms with E-state index in [1.807, 2.05) is 37.3 Å². The van der Waals surface area contributed by atoms with Gasteiger partial charge in [0.1, 0.15) is 4.34 Å². The fourth-order valence-electron chi connectivity index (χ4n) is 2.08. The van der Waals surface area contributed by atoms with Gasteiger partial charge in [0.15, 0.2) is 0 Å². The Morgan fingerprint density at radius 1 is 1.28 bits per heavy atom. The number of nitrogens with zero attached hydrogens (tertiary/aromatic N) is 1. The number of pyridine rings is 1. The fraction of sp³-hybridized carbons (Fsp3) is 0.0714. The zero-order valence-corrected chi connectivity index (χ0v) is 11.3. The third-order valence-electron chi connectivity index (χ3n) is 2.95.